The second-order valence-corrected chi connectivity index (χ2v) is 10.1. The molecule has 0 radical (unpaired) electrons. The van der Waals surface area contributed by atoms with Gasteiger partial charge in [0.05, 0.1) is 12.7 Å². The Morgan fingerprint density at radius 1 is 1.15 bits per heavy atom. The minimum atomic E-state index is -0.160. The third kappa shape index (κ3) is 2.68. The Hall–Kier alpha value is -0.830. The highest BCUT2D eigenvalue weighted by Crippen LogP contribution is 2.67. The zero-order valence-corrected chi connectivity index (χ0v) is 16.6. The molecule has 4 fully saturated rings. The van der Waals surface area contributed by atoms with Gasteiger partial charge in [-0.1, -0.05) is 13.0 Å². The van der Waals surface area contributed by atoms with Crippen molar-refractivity contribution in [2.75, 3.05) is 6.61 Å². The summed E-state index contributed by atoms with van der Waals surface area (Å²) in [5.74, 6) is 3.26. The average Bonchev–Trinajstić information content (AvgIpc) is 2.96. The third-order valence-corrected chi connectivity index (χ3v) is 9.24. The molecule has 8 atom stereocenters. The van der Waals surface area contributed by atoms with Crippen molar-refractivity contribution in [2.24, 2.45) is 40.4 Å². The van der Waals surface area contributed by atoms with Crippen LogP contribution < -0.4 is 0 Å². The number of ether oxygens (including phenoxy) is 1. The predicted octanol–water partition coefficient (Wildman–Crippen LogP) is 4.74. The molecule has 4 rings (SSSR count). The summed E-state index contributed by atoms with van der Waals surface area (Å²) in [4.78, 5) is 11.6. The first kappa shape index (κ1) is 18.5. The Labute approximate surface area is 158 Å². The van der Waals surface area contributed by atoms with Gasteiger partial charge < -0.3 is 9.84 Å². The Morgan fingerprint density at radius 3 is 2.69 bits per heavy atom. The quantitative estimate of drug-likeness (QED) is 0.584. The predicted molar refractivity (Wildman–Crippen MR) is 102 cm³/mol. The number of aliphatic hydroxyl groups is 1. The van der Waals surface area contributed by atoms with Gasteiger partial charge in [-0.15, -0.1) is 6.58 Å². The SMILES string of the molecule is C=C[C@H]1CC[C@H]2[C@@H]3CC[C@H]4C[C@@H](O)CC[C@]4(COC(C)=O)[C@H]3CC[C@]12C. The number of allylic oxidation sites excluding steroid dienone is 1. The average molecular weight is 361 g/mol. The van der Waals surface area contributed by atoms with E-state index in [1.54, 1.807) is 0 Å². The normalized spacial score (nSPS) is 50.3. The molecule has 0 spiro atoms. The molecule has 0 amide bonds. The fourth-order valence-electron chi connectivity index (χ4n) is 7.97. The third-order valence-electron chi connectivity index (χ3n) is 9.24. The molecular formula is C23H36O3. The number of hydrogen-bond acceptors (Lipinski definition) is 3. The van der Waals surface area contributed by atoms with Crippen LogP contribution in [0, 0.1) is 40.4 Å². The van der Waals surface area contributed by atoms with Crippen LogP contribution in [0.15, 0.2) is 12.7 Å². The van der Waals surface area contributed by atoms with E-state index in [1.807, 2.05) is 0 Å². The van der Waals surface area contributed by atoms with E-state index >= 15 is 0 Å². The number of rotatable bonds is 3. The first-order valence-corrected chi connectivity index (χ1v) is 10.8. The molecule has 0 aliphatic heterocycles. The Bertz CT molecular complexity index is 572. The molecule has 4 saturated carbocycles. The van der Waals surface area contributed by atoms with E-state index < -0.39 is 0 Å². The fourth-order valence-corrected chi connectivity index (χ4v) is 7.97. The summed E-state index contributed by atoms with van der Waals surface area (Å²) in [5, 5.41) is 10.3. The van der Waals surface area contributed by atoms with Gasteiger partial charge in [0.15, 0.2) is 0 Å². The fraction of sp³-hybridized carbons (Fsp3) is 0.870. The first-order valence-electron chi connectivity index (χ1n) is 10.8. The zero-order chi connectivity index (χ0) is 18.5. The van der Waals surface area contributed by atoms with Crippen molar-refractivity contribution in [3.05, 3.63) is 12.7 Å². The van der Waals surface area contributed by atoms with E-state index in [2.05, 4.69) is 19.6 Å². The van der Waals surface area contributed by atoms with Crippen LogP contribution in [-0.2, 0) is 9.53 Å². The van der Waals surface area contributed by atoms with Crippen molar-refractivity contribution in [1.29, 1.82) is 0 Å². The maximum absolute atomic E-state index is 11.6. The lowest BCUT2D eigenvalue weighted by molar-refractivity contribution is -0.173. The molecule has 26 heavy (non-hydrogen) atoms. The Balaban J connectivity index is 1.64. The molecule has 0 saturated heterocycles. The van der Waals surface area contributed by atoms with Crippen molar-refractivity contribution in [1.82, 2.24) is 0 Å². The minimum Gasteiger partial charge on any atom is -0.465 e. The molecule has 3 nitrogen and oxygen atoms in total. The maximum Gasteiger partial charge on any atom is 0.302 e. The largest absolute Gasteiger partial charge is 0.465 e. The highest BCUT2D eigenvalue weighted by molar-refractivity contribution is 5.65. The summed E-state index contributed by atoms with van der Waals surface area (Å²) in [6.45, 7) is 8.76. The number of carbonyl (C=O) groups is 1. The van der Waals surface area contributed by atoms with Crippen LogP contribution in [0.1, 0.15) is 71.6 Å². The first-order chi connectivity index (χ1) is 12.4. The van der Waals surface area contributed by atoms with E-state index in [1.165, 1.54) is 45.4 Å². The molecule has 4 aliphatic carbocycles. The molecule has 4 aliphatic rings. The van der Waals surface area contributed by atoms with Crippen LogP contribution in [0.25, 0.3) is 0 Å². The van der Waals surface area contributed by atoms with Gasteiger partial charge in [0, 0.05) is 12.3 Å². The van der Waals surface area contributed by atoms with Crippen LogP contribution in [-0.4, -0.2) is 23.8 Å². The van der Waals surface area contributed by atoms with Crippen molar-refractivity contribution < 1.29 is 14.6 Å². The molecule has 0 unspecified atom stereocenters. The van der Waals surface area contributed by atoms with E-state index in [-0.39, 0.29) is 17.5 Å². The summed E-state index contributed by atoms with van der Waals surface area (Å²) >= 11 is 0. The molecule has 146 valence electrons. The lowest BCUT2D eigenvalue weighted by atomic mass is 9.44. The van der Waals surface area contributed by atoms with E-state index in [9.17, 15) is 9.90 Å². The maximum atomic E-state index is 11.6. The van der Waals surface area contributed by atoms with Gasteiger partial charge in [-0.2, -0.15) is 0 Å². The molecular weight excluding hydrogens is 324 g/mol. The number of esters is 1. The van der Waals surface area contributed by atoms with Gasteiger partial charge in [-0.25, -0.2) is 0 Å². The highest BCUT2D eigenvalue weighted by Gasteiger charge is 2.61. The van der Waals surface area contributed by atoms with Crippen molar-refractivity contribution in [3.8, 4) is 0 Å². The van der Waals surface area contributed by atoms with E-state index in [4.69, 9.17) is 4.74 Å². The van der Waals surface area contributed by atoms with Gasteiger partial charge in [0.25, 0.3) is 0 Å². The number of carbonyl (C=O) groups excluding carboxylic acids is 1. The summed E-state index contributed by atoms with van der Waals surface area (Å²) in [7, 11) is 0. The van der Waals surface area contributed by atoms with Crippen LogP contribution >= 0.6 is 0 Å². The van der Waals surface area contributed by atoms with Crippen LogP contribution in [0.3, 0.4) is 0 Å². The second-order valence-electron chi connectivity index (χ2n) is 10.1. The number of hydrogen-bond donors (Lipinski definition) is 1. The Morgan fingerprint density at radius 2 is 1.96 bits per heavy atom. The van der Waals surface area contributed by atoms with Crippen LogP contribution in [0.2, 0.25) is 0 Å². The molecule has 0 bridgehead atoms. The van der Waals surface area contributed by atoms with Crippen molar-refractivity contribution in [3.63, 3.8) is 0 Å². The van der Waals surface area contributed by atoms with Gasteiger partial charge in [-0.3, -0.25) is 4.79 Å². The second kappa shape index (κ2) is 6.65. The summed E-state index contributed by atoms with van der Waals surface area (Å²) in [6.07, 6.45) is 12.5. The zero-order valence-electron chi connectivity index (χ0n) is 16.6. The summed E-state index contributed by atoms with van der Waals surface area (Å²) in [5.41, 5.74) is 0.536. The van der Waals surface area contributed by atoms with Crippen LogP contribution in [0.5, 0.6) is 0 Å². The van der Waals surface area contributed by atoms with Crippen molar-refractivity contribution >= 4 is 5.97 Å². The molecule has 0 aromatic rings. The minimum absolute atomic E-state index is 0.113. The summed E-state index contributed by atoms with van der Waals surface area (Å²) in [6, 6.07) is 0. The number of fused-ring (bicyclic) bond motifs is 5. The smallest absolute Gasteiger partial charge is 0.302 e. The summed E-state index contributed by atoms with van der Waals surface area (Å²) < 4.78 is 5.67. The van der Waals surface area contributed by atoms with E-state index in [0.29, 0.717) is 29.8 Å². The lowest BCUT2D eigenvalue weighted by Crippen LogP contribution is -2.57. The lowest BCUT2D eigenvalue weighted by Gasteiger charge is -2.61. The molecule has 1 N–H and O–H groups in total. The Kier molecular flexibility index (Phi) is 4.74. The monoisotopic (exact) mass is 360 g/mol. The van der Waals surface area contributed by atoms with Gasteiger partial charge in [-0.05, 0) is 92.8 Å². The molecule has 0 aromatic carbocycles. The van der Waals surface area contributed by atoms with Crippen LogP contribution in [0.4, 0.5) is 0 Å². The molecule has 0 heterocycles. The highest BCUT2D eigenvalue weighted by atomic mass is 16.5. The topological polar surface area (TPSA) is 46.5 Å². The standard InChI is InChI=1S/C23H36O3/c1-4-16-6-8-20-19-7-5-17-13-18(25)9-12-23(17,14-26-15(2)24)21(19)10-11-22(16,20)3/h4,16-21,25H,1,5-14H2,2-3H3/t16-,17-,18-,19-,20-,21-,22+,23+/m0/s1. The van der Waals surface area contributed by atoms with Gasteiger partial charge in [0.1, 0.15) is 0 Å². The van der Waals surface area contributed by atoms with E-state index in [0.717, 1.165) is 31.1 Å². The van der Waals surface area contributed by atoms with Crippen molar-refractivity contribution in [2.45, 2.75) is 77.7 Å². The number of aliphatic hydroxyl groups excluding tert-OH is 1. The molecule has 3 heteroatoms. The van der Waals surface area contributed by atoms with Gasteiger partial charge in [0.2, 0.25) is 0 Å². The van der Waals surface area contributed by atoms with Gasteiger partial charge >= 0.3 is 5.97 Å². The molecule has 0 aromatic heterocycles.